The number of thioether (sulfide) groups is 1. The van der Waals surface area contributed by atoms with Gasteiger partial charge in [0.1, 0.15) is 5.76 Å². The zero-order chi connectivity index (χ0) is 28.0. The number of esters is 1. The highest BCUT2D eigenvalue weighted by Gasteiger charge is 2.39. The van der Waals surface area contributed by atoms with Gasteiger partial charge in [-0.15, -0.1) is 0 Å². The Kier molecular flexibility index (Phi) is 8.46. The van der Waals surface area contributed by atoms with Crippen LogP contribution < -0.4 is 10.6 Å². The van der Waals surface area contributed by atoms with E-state index in [2.05, 4.69) is 16.7 Å². The smallest absolute Gasteiger partial charge is 0.416 e. The molecule has 3 aromatic rings. The largest absolute Gasteiger partial charge is 0.468 e. The number of hydrogen-bond donors (Lipinski definition) is 2. The number of carbonyl (C=O) groups excluding carboxylic acids is 2. The predicted molar refractivity (Wildman–Crippen MR) is 140 cm³/mol. The number of benzene rings is 2. The van der Waals surface area contributed by atoms with Crippen molar-refractivity contribution in [3.8, 4) is 6.07 Å². The van der Waals surface area contributed by atoms with E-state index in [4.69, 9.17) is 9.15 Å². The second kappa shape index (κ2) is 12.0. The van der Waals surface area contributed by atoms with Crippen LogP contribution in [0.5, 0.6) is 0 Å². The van der Waals surface area contributed by atoms with Gasteiger partial charge in [-0.25, -0.2) is 4.79 Å². The number of alkyl halides is 3. The summed E-state index contributed by atoms with van der Waals surface area (Å²) in [7, 11) is 0. The molecule has 200 valence electrons. The lowest BCUT2D eigenvalue weighted by Gasteiger charge is -2.29. The molecule has 2 aromatic carbocycles. The summed E-state index contributed by atoms with van der Waals surface area (Å²) in [5.74, 6) is -2.04. The molecule has 1 aliphatic heterocycles. The molecular formula is C28H22F3N3O4S. The van der Waals surface area contributed by atoms with Gasteiger partial charge in [-0.05, 0) is 42.8 Å². The number of hydrogen-bond acceptors (Lipinski definition) is 7. The lowest BCUT2D eigenvalue weighted by Crippen LogP contribution is -2.29. The van der Waals surface area contributed by atoms with Gasteiger partial charge < -0.3 is 19.8 Å². The van der Waals surface area contributed by atoms with Crippen LogP contribution in [0.25, 0.3) is 5.70 Å². The molecule has 0 unspecified atom stereocenters. The first kappa shape index (κ1) is 27.6. The SMILES string of the molecule is CCOC(=O)C1=C(c2ccccc2)NC(SCC(=O)Nc2cccc(C(F)(F)F)c2)=C(C#N)[C@@H]1c1ccco1. The van der Waals surface area contributed by atoms with Crippen LogP contribution in [-0.4, -0.2) is 24.2 Å². The van der Waals surface area contributed by atoms with Crippen molar-refractivity contribution in [2.45, 2.75) is 19.0 Å². The van der Waals surface area contributed by atoms with Crippen molar-refractivity contribution >= 4 is 35.0 Å². The Hall–Kier alpha value is -4.43. The van der Waals surface area contributed by atoms with Crippen molar-refractivity contribution in [3.05, 3.63) is 106 Å². The molecule has 4 rings (SSSR count). The first-order valence-electron chi connectivity index (χ1n) is 11.7. The molecule has 11 heteroatoms. The van der Waals surface area contributed by atoms with E-state index in [9.17, 15) is 28.0 Å². The fourth-order valence-corrected chi connectivity index (χ4v) is 4.85. The standard InChI is InChI=1S/C28H22F3N3O4S/c1-2-37-27(36)24-23(21-12-7-13-38-21)20(15-32)26(34-25(24)17-8-4-3-5-9-17)39-16-22(35)33-19-11-6-10-18(14-19)28(29,30)31/h3-14,23,34H,2,16H2,1H3,(H,33,35)/t23-/m1/s1. The summed E-state index contributed by atoms with van der Waals surface area (Å²) in [5, 5.41) is 16.0. The summed E-state index contributed by atoms with van der Waals surface area (Å²) in [5.41, 5.74) is 0.430. The molecule has 0 fully saturated rings. The third kappa shape index (κ3) is 6.35. The molecule has 39 heavy (non-hydrogen) atoms. The Labute approximate surface area is 226 Å². The van der Waals surface area contributed by atoms with Crippen LogP contribution in [-0.2, 0) is 20.5 Å². The number of dihydropyridines is 1. The first-order valence-corrected chi connectivity index (χ1v) is 12.7. The minimum Gasteiger partial charge on any atom is -0.468 e. The molecule has 1 aromatic heterocycles. The molecule has 0 spiro atoms. The predicted octanol–water partition coefficient (Wildman–Crippen LogP) is 6.07. The Morgan fingerprint density at radius 2 is 1.90 bits per heavy atom. The van der Waals surface area contributed by atoms with E-state index in [1.807, 2.05) is 6.07 Å². The number of nitriles is 1. The number of amides is 1. The van der Waals surface area contributed by atoms with Crippen molar-refractivity contribution in [1.29, 1.82) is 5.26 Å². The van der Waals surface area contributed by atoms with Gasteiger partial charge in [-0.2, -0.15) is 18.4 Å². The molecule has 0 radical (unpaired) electrons. The van der Waals surface area contributed by atoms with Gasteiger partial charge >= 0.3 is 12.1 Å². The van der Waals surface area contributed by atoms with E-state index in [-0.39, 0.29) is 29.2 Å². The lowest BCUT2D eigenvalue weighted by atomic mass is 9.84. The number of allylic oxidation sites excluding steroid dienone is 1. The van der Waals surface area contributed by atoms with Crippen LogP contribution in [0, 0.1) is 11.3 Å². The zero-order valence-corrected chi connectivity index (χ0v) is 21.4. The molecular weight excluding hydrogens is 531 g/mol. The fraction of sp³-hybridized carbons (Fsp3) is 0.179. The lowest BCUT2D eigenvalue weighted by molar-refractivity contribution is -0.139. The minimum atomic E-state index is -4.55. The van der Waals surface area contributed by atoms with Gasteiger partial charge in [0.2, 0.25) is 5.91 Å². The number of anilines is 1. The van der Waals surface area contributed by atoms with E-state index in [1.165, 1.54) is 18.4 Å². The van der Waals surface area contributed by atoms with Crippen LogP contribution in [0.2, 0.25) is 0 Å². The molecule has 0 bridgehead atoms. The molecule has 1 aliphatic rings. The summed E-state index contributed by atoms with van der Waals surface area (Å²) in [6.07, 6.45) is -3.13. The maximum absolute atomic E-state index is 13.2. The molecule has 7 nitrogen and oxygen atoms in total. The second-order valence-corrected chi connectivity index (χ2v) is 9.20. The Morgan fingerprint density at radius 3 is 2.54 bits per heavy atom. The zero-order valence-electron chi connectivity index (χ0n) is 20.5. The van der Waals surface area contributed by atoms with E-state index in [1.54, 1.807) is 43.3 Å². The minimum absolute atomic E-state index is 0.00977. The summed E-state index contributed by atoms with van der Waals surface area (Å²) in [4.78, 5) is 25.9. The maximum atomic E-state index is 13.2. The summed E-state index contributed by atoms with van der Waals surface area (Å²) in [6.45, 7) is 1.78. The normalized spacial score (nSPS) is 15.4. The van der Waals surface area contributed by atoms with Crippen molar-refractivity contribution in [2.24, 2.45) is 0 Å². The Bertz CT molecular complexity index is 1460. The molecule has 0 saturated carbocycles. The number of furan rings is 1. The average Bonchev–Trinajstić information content (AvgIpc) is 3.46. The van der Waals surface area contributed by atoms with Gasteiger partial charge in [0.05, 0.1) is 58.0 Å². The first-order chi connectivity index (χ1) is 18.7. The maximum Gasteiger partial charge on any atom is 0.416 e. The van der Waals surface area contributed by atoms with Gasteiger partial charge in [-0.3, -0.25) is 4.79 Å². The molecule has 0 saturated heterocycles. The quantitative estimate of drug-likeness (QED) is 0.327. The van der Waals surface area contributed by atoms with Gasteiger partial charge in [0.25, 0.3) is 0 Å². The van der Waals surface area contributed by atoms with Crippen LogP contribution in [0.3, 0.4) is 0 Å². The van der Waals surface area contributed by atoms with E-state index in [0.29, 0.717) is 22.0 Å². The van der Waals surface area contributed by atoms with Crippen LogP contribution in [0.1, 0.15) is 29.7 Å². The highest BCUT2D eigenvalue weighted by atomic mass is 32.2. The topological polar surface area (TPSA) is 104 Å². The van der Waals surface area contributed by atoms with Crippen molar-refractivity contribution in [1.82, 2.24) is 5.32 Å². The summed E-state index contributed by atoms with van der Waals surface area (Å²) in [6, 6.07) is 18.6. The Balaban J connectivity index is 1.67. The van der Waals surface area contributed by atoms with E-state index < -0.39 is 29.5 Å². The number of carbonyl (C=O) groups is 2. The number of halogens is 3. The third-order valence-electron chi connectivity index (χ3n) is 5.66. The van der Waals surface area contributed by atoms with Crippen LogP contribution >= 0.6 is 11.8 Å². The number of nitrogens with one attached hydrogen (secondary N) is 2. The van der Waals surface area contributed by atoms with Gasteiger partial charge in [0.15, 0.2) is 0 Å². The number of ether oxygens (including phenoxy) is 1. The van der Waals surface area contributed by atoms with Crippen molar-refractivity contribution in [3.63, 3.8) is 0 Å². The monoisotopic (exact) mass is 553 g/mol. The Morgan fingerprint density at radius 1 is 1.13 bits per heavy atom. The number of rotatable bonds is 8. The van der Waals surface area contributed by atoms with Gasteiger partial charge in [-0.1, -0.05) is 48.2 Å². The molecule has 2 N–H and O–H groups in total. The molecule has 2 heterocycles. The summed E-state index contributed by atoms with van der Waals surface area (Å²) >= 11 is 0.977. The average molecular weight is 554 g/mol. The second-order valence-electron chi connectivity index (χ2n) is 8.22. The molecule has 1 amide bonds. The highest BCUT2D eigenvalue weighted by Crippen LogP contribution is 2.43. The van der Waals surface area contributed by atoms with Crippen molar-refractivity contribution < 1.29 is 31.9 Å². The third-order valence-corrected chi connectivity index (χ3v) is 6.67. The summed E-state index contributed by atoms with van der Waals surface area (Å²) < 4.78 is 50.0. The number of nitrogens with zero attached hydrogens (tertiary/aromatic N) is 1. The molecule has 0 aliphatic carbocycles. The van der Waals surface area contributed by atoms with Crippen LogP contribution in [0.15, 0.2) is 93.6 Å². The van der Waals surface area contributed by atoms with Crippen LogP contribution in [0.4, 0.5) is 18.9 Å². The fourth-order valence-electron chi connectivity index (χ4n) is 4.01. The van der Waals surface area contributed by atoms with Crippen molar-refractivity contribution in [2.75, 3.05) is 17.7 Å². The highest BCUT2D eigenvalue weighted by molar-refractivity contribution is 8.03. The van der Waals surface area contributed by atoms with E-state index >= 15 is 0 Å². The molecule has 1 atom stereocenters. The van der Waals surface area contributed by atoms with Gasteiger partial charge in [0, 0.05) is 5.69 Å². The van der Waals surface area contributed by atoms with E-state index in [0.717, 1.165) is 23.9 Å².